The molecule has 0 saturated carbocycles. The minimum Gasteiger partial charge on any atom is -0.454 e. The van der Waals surface area contributed by atoms with Crippen LogP contribution in [0.2, 0.25) is 0 Å². The Hall–Kier alpha value is -3.59. The summed E-state index contributed by atoms with van der Waals surface area (Å²) in [6.07, 6.45) is 0. The van der Waals surface area contributed by atoms with Crippen molar-refractivity contribution in [3.63, 3.8) is 0 Å². The molecule has 0 aliphatic heterocycles. The van der Waals surface area contributed by atoms with Gasteiger partial charge in [0.15, 0.2) is 12.4 Å². The van der Waals surface area contributed by atoms with Gasteiger partial charge in [0.1, 0.15) is 0 Å². The van der Waals surface area contributed by atoms with Crippen LogP contribution in [-0.2, 0) is 11.3 Å². The summed E-state index contributed by atoms with van der Waals surface area (Å²) in [6, 6.07) is 14.6. The summed E-state index contributed by atoms with van der Waals surface area (Å²) in [5, 5.41) is 3.03. The highest BCUT2D eigenvalue weighted by Gasteiger charge is 2.12. The summed E-state index contributed by atoms with van der Waals surface area (Å²) in [5.41, 5.74) is 9.56. The maximum absolute atomic E-state index is 12.3. The van der Waals surface area contributed by atoms with Crippen LogP contribution in [0, 0.1) is 0 Å². The number of anilines is 3. The minimum absolute atomic E-state index is 0.0422. The second kappa shape index (κ2) is 7.34. The van der Waals surface area contributed by atoms with Gasteiger partial charge in [0.25, 0.3) is 0 Å². The van der Waals surface area contributed by atoms with Crippen LogP contribution in [0.4, 0.5) is 17.6 Å². The van der Waals surface area contributed by atoms with Gasteiger partial charge in [0, 0.05) is 5.69 Å². The minimum atomic E-state index is -0.471. The molecule has 8 nitrogen and oxygen atoms in total. The number of nitrogens with one attached hydrogen (secondary N) is 1. The van der Waals surface area contributed by atoms with E-state index < -0.39 is 5.97 Å². The number of hydrogen-bond acceptors (Lipinski definition) is 9. The molecule has 9 heteroatoms. The van der Waals surface area contributed by atoms with Crippen molar-refractivity contribution < 1.29 is 9.53 Å². The van der Waals surface area contributed by atoms with E-state index in [2.05, 4.69) is 25.3 Å². The molecule has 4 aromatic rings. The fourth-order valence-corrected chi connectivity index (χ4v) is 3.12. The normalized spacial score (nSPS) is 10.7. The van der Waals surface area contributed by atoms with Crippen LogP contribution in [0.1, 0.15) is 16.2 Å². The molecule has 0 radical (unpaired) electrons. The Bertz CT molecular complexity index is 1100. The quantitative estimate of drug-likeness (QED) is 0.509. The first-order valence-corrected chi connectivity index (χ1v) is 8.88. The number of nitrogens with zero attached hydrogens (tertiary/aromatic N) is 4. The summed E-state index contributed by atoms with van der Waals surface area (Å²) >= 11 is 1.46. The number of rotatable bonds is 5. The van der Waals surface area contributed by atoms with Gasteiger partial charge < -0.3 is 15.8 Å². The van der Waals surface area contributed by atoms with Crippen molar-refractivity contribution in [3.05, 3.63) is 65.4 Å². The van der Waals surface area contributed by atoms with Gasteiger partial charge in [0.2, 0.25) is 11.9 Å². The zero-order valence-electron chi connectivity index (χ0n) is 14.0. The van der Waals surface area contributed by atoms with Crippen LogP contribution in [0.3, 0.4) is 0 Å². The number of benzene rings is 2. The average molecular weight is 378 g/mol. The molecule has 0 aliphatic carbocycles. The number of hydrogen-bond donors (Lipinski definition) is 2. The van der Waals surface area contributed by atoms with Crippen LogP contribution in [-0.4, -0.2) is 25.9 Å². The molecule has 0 saturated heterocycles. The molecule has 2 heterocycles. The Morgan fingerprint density at radius 1 is 1.11 bits per heavy atom. The highest BCUT2D eigenvalue weighted by molar-refractivity contribution is 7.16. The zero-order valence-corrected chi connectivity index (χ0v) is 14.8. The third kappa shape index (κ3) is 3.98. The van der Waals surface area contributed by atoms with Gasteiger partial charge in [-0.1, -0.05) is 18.2 Å². The van der Waals surface area contributed by atoms with E-state index in [1.807, 2.05) is 30.3 Å². The summed E-state index contributed by atoms with van der Waals surface area (Å²) in [6.45, 7) is -0.115. The molecule has 0 bridgehead atoms. The predicted octanol–water partition coefficient (Wildman–Crippen LogP) is 3.16. The third-order valence-electron chi connectivity index (χ3n) is 3.63. The molecule has 0 amide bonds. The Morgan fingerprint density at radius 2 is 1.96 bits per heavy atom. The predicted molar refractivity (Wildman–Crippen MR) is 103 cm³/mol. The molecule has 27 heavy (non-hydrogen) atoms. The number of nitrogens with two attached hydrogens (primary N) is 1. The Labute approximate surface area is 158 Å². The molecule has 0 unspecified atom stereocenters. The first kappa shape index (κ1) is 16.9. The Morgan fingerprint density at radius 3 is 2.81 bits per heavy atom. The molecular weight excluding hydrogens is 364 g/mol. The number of carbonyl (C=O) groups excluding carboxylic acids is 1. The van der Waals surface area contributed by atoms with E-state index in [1.165, 1.54) is 11.3 Å². The monoisotopic (exact) mass is 378 g/mol. The number of ether oxygens (including phenoxy) is 1. The SMILES string of the molecule is Nc1nc(COC(=O)c2ccc3ncsc3c2)nc(Nc2ccccc2)n1. The van der Waals surface area contributed by atoms with Gasteiger partial charge >= 0.3 is 5.97 Å². The van der Waals surface area contributed by atoms with Crippen molar-refractivity contribution in [2.45, 2.75) is 6.61 Å². The fourth-order valence-electron chi connectivity index (χ4n) is 2.40. The van der Waals surface area contributed by atoms with Gasteiger partial charge in [-0.15, -0.1) is 11.3 Å². The van der Waals surface area contributed by atoms with Crippen LogP contribution in [0.5, 0.6) is 0 Å². The van der Waals surface area contributed by atoms with E-state index in [9.17, 15) is 4.79 Å². The molecule has 0 aliphatic rings. The van der Waals surface area contributed by atoms with Gasteiger partial charge in [-0.3, -0.25) is 0 Å². The van der Waals surface area contributed by atoms with Crippen molar-refractivity contribution in [1.29, 1.82) is 0 Å². The summed E-state index contributed by atoms with van der Waals surface area (Å²) < 4.78 is 6.23. The van der Waals surface area contributed by atoms with Crippen LogP contribution in [0.25, 0.3) is 10.2 Å². The summed E-state index contributed by atoms with van der Waals surface area (Å²) in [5.74, 6) is 0.112. The first-order valence-electron chi connectivity index (χ1n) is 8.00. The van der Waals surface area contributed by atoms with Gasteiger partial charge in [-0.05, 0) is 30.3 Å². The van der Waals surface area contributed by atoms with Crippen molar-refractivity contribution in [1.82, 2.24) is 19.9 Å². The van der Waals surface area contributed by atoms with Crippen LogP contribution >= 0.6 is 11.3 Å². The third-order valence-corrected chi connectivity index (χ3v) is 4.42. The van der Waals surface area contributed by atoms with Crippen molar-refractivity contribution in [2.75, 3.05) is 11.1 Å². The first-order chi connectivity index (χ1) is 13.2. The van der Waals surface area contributed by atoms with E-state index in [-0.39, 0.29) is 24.3 Å². The van der Waals surface area contributed by atoms with Gasteiger partial charge in [-0.25, -0.2) is 9.78 Å². The molecule has 2 aromatic heterocycles. The van der Waals surface area contributed by atoms with E-state index >= 15 is 0 Å². The lowest BCUT2D eigenvalue weighted by Gasteiger charge is -2.08. The van der Waals surface area contributed by atoms with Crippen molar-refractivity contribution in [3.8, 4) is 0 Å². The highest BCUT2D eigenvalue weighted by atomic mass is 32.1. The van der Waals surface area contributed by atoms with Crippen molar-refractivity contribution in [2.24, 2.45) is 0 Å². The number of nitrogen functional groups attached to an aromatic ring is 1. The smallest absolute Gasteiger partial charge is 0.338 e. The van der Waals surface area contributed by atoms with Crippen LogP contribution in [0.15, 0.2) is 54.0 Å². The average Bonchev–Trinajstić information content (AvgIpc) is 3.14. The topological polar surface area (TPSA) is 116 Å². The molecule has 2 aromatic carbocycles. The lowest BCUT2D eigenvalue weighted by atomic mass is 10.2. The largest absolute Gasteiger partial charge is 0.454 e. The number of aromatic nitrogens is 4. The lowest BCUT2D eigenvalue weighted by molar-refractivity contribution is 0.0462. The highest BCUT2D eigenvalue weighted by Crippen LogP contribution is 2.20. The number of esters is 1. The second-order valence-corrected chi connectivity index (χ2v) is 6.42. The molecule has 134 valence electrons. The van der Waals surface area contributed by atoms with Gasteiger partial charge in [-0.2, -0.15) is 15.0 Å². The Kier molecular flexibility index (Phi) is 4.58. The standard InChI is InChI=1S/C18H14N6O2S/c19-17-22-15(23-18(24-17)21-12-4-2-1-3-5-12)9-26-16(25)11-6-7-13-14(8-11)27-10-20-13/h1-8,10H,9H2,(H3,19,21,22,23,24). The van der Waals surface area contributed by atoms with E-state index in [4.69, 9.17) is 10.5 Å². The molecule has 4 rings (SSSR count). The summed E-state index contributed by atoms with van der Waals surface area (Å²) in [7, 11) is 0. The number of thiazole rings is 1. The Balaban J connectivity index is 1.46. The van der Waals surface area contributed by atoms with Gasteiger partial charge in [0.05, 0.1) is 21.3 Å². The zero-order chi connectivity index (χ0) is 18.6. The maximum Gasteiger partial charge on any atom is 0.338 e. The maximum atomic E-state index is 12.3. The number of para-hydroxylation sites is 1. The molecule has 0 spiro atoms. The van der Waals surface area contributed by atoms with Crippen LogP contribution < -0.4 is 11.1 Å². The van der Waals surface area contributed by atoms with E-state index in [0.717, 1.165) is 15.9 Å². The second-order valence-electron chi connectivity index (χ2n) is 5.54. The molecule has 0 fully saturated rings. The van der Waals surface area contributed by atoms with E-state index in [0.29, 0.717) is 5.56 Å². The molecule has 0 atom stereocenters. The number of carbonyl (C=O) groups is 1. The molecular formula is C18H14N6O2S. The lowest BCUT2D eigenvalue weighted by Crippen LogP contribution is -2.11. The molecule has 3 N–H and O–H groups in total. The fraction of sp³-hybridized carbons (Fsp3) is 0.0556. The summed E-state index contributed by atoms with van der Waals surface area (Å²) in [4.78, 5) is 28.8. The van der Waals surface area contributed by atoms with Crippen molar-refractivity contribution >= 4 is 45.1 Å². The number of fused-ring (bicyclic) bond motifs is 1. The van der Waals surface area contributed by atoms with E-state index in [1.54, 1.807) is 23.7 Å².